The molecule has 1 fully saturated rings. The standard InChI is InChI=1S/C11H16FN3/c1-9-8-15(7-6-14(9)2)11-5-3-4-10(12)13-11/h3-5,9H,6-8H2,1-2H3. The Balaban J connectivity index is 2.12. The molecule has 1 atom stereocenters. The lowest BCUT2D eigenvalue weighted by molar-refractivity contribution is 0.233. The van der Waals surface area contributed by atoms with E-state index < -0.39 is 5.95 Å². The minimum absolute atomic E-state index is 0.404. The Labute approximate surface area is 89.5 Å². The van der Waals surface area contributed by atoms with Crippen LogP contribution < -0.4 is 4.90 Å². The number of pyridine rings is 1. The molecule has 2 heterocycles. The van der Waals surface area contributed by atoms with Gasteiger partial charge in [-0.1, -0.05) is 6.07 Å². The molecule has 1 aromatic heterocycles. The molecule has 2 rings (SSSR count). The summed E-state index contributed by atoms with van der Waals surface area (Å²) in [4.78, 5) is 8.33. The maximum absolute atomic E-state index is 12.9. The van der Waals surface area contributed by atoms with E-state index in [1.807, 2.05) is 6.07 Å². The van der Waals surface area contributed by atoms with Crippen molar-refractivity contribution in [1.29, 1.82) is 0 Å². The van der Waals surface area contributed by atoms with Crippen molar-refractivity contribution in [3.63, 3.8) is 0 Å². The van der Waals surface area contributed by atoms with Gasteiger partial charge in [0.05, 0.1) is 0 Å². The van der Waals surface area contributed by atoms with Crippen molar-refractivity contribution in [1.82, 2.24) is 9.88 Å². The predicted octanol–water partition coefficient (Wildman–Crippen LogP) is 1.36. The molecule has 4 heteroatoms. The van der Waals surface area contributed by atoms with Gasteiger partial charge in [-0.25, -0.2) is 4.98 Å². The smallest absolute Gasteiger partial charge is 0.214 e. The molecule has 0 N–H and O–H groups in total. The van der Waals surface area contributed by atoms with Gasteiger partial charge in [0.15, 0.2) is 0 Å². The van der Waals surface area contributed by atoms with Crippen molar-refractivity contribution < 1.29 is 4.39 Å². The molecule has 1 saturated heterocycles. The Morgan fingerprint density at radius 2 is 2.20 bits per heavy atom. The van der Waals surface area contributed by atoms with Gasteiger partial charge in [-0.2, -0.15) is 4.39 Å². The highest BCUT2D eigenvalue weighted by atomic mass is 19.1. The van der Waals surface area contributed by atoms with Crippen LogP contribution in [0.5, 0.6) is 0 Å². The van der Waals surface area contributed by atoms with Crippen LogP contribution in [0.2, 0.25) is 0 Å². The minimum Gasteiger partial charge on any atom is -0.354 e. The number of rotatable bonds is 1. The van der Waals surface area contributed by atoms with Crippen LogP contribution >= 0.6 is 0 Å². The Kier molecular flexibility index (Phi) is 2.86. The number of piperazine rings is 1. The van der Waals surface area contributed by atoms with Crippen LogP contribution in [-0.4, -0.2) is 42.6 Å². The van der Waals surface area contributed by atoms with Crippen LogP contribution in [0.1, 0.15) is 6.92 Å². The second-order valence-electron chi connectivity index (χ2n) is 4.09. The molecule has 0 saturated carbocycles. The SMILES string of the molecule is CC1CN(c2cccc(F)n2)CCN1C. The average molecular weight is 209 g/mol. The zero-order valence-electron chi connectivity index (χ0n) is 9.15. The molecule has 1 aliphatic rings. The quantitative estimate of drug-likeness (QED) is 0.651. The Morgan fingerprint density at radius 3 is 2.87 bits per heavy atom. The molecular formula is C11H16FN3. The molecule has 0 aromatic carbocycles. The molecule has 1 aliphatic heterocycles. The zero-order chi connectivity index (χ0) is 10.8. The van der Waals surface area contributed by atoms with Crippen molar-refractivity contribution >= 4 is 5.82 Å². The molecule has 0 amide bonds. The summed E-state index contributed by atoms with van der Waals surface area (Å²) >= 11 is 0. The second-order valence-corrected chi connectivity index (χ2v) is 4.09. The summed E-state index contributed by atoms with van der Waals surface area (Å²) in [5.74, 6) is 0.342. The van der Waals surface area contributed by atoms with Crippen molar-refractivity contribution in [3.8, 4) is 0 Å². The van der Waals surface area contributed by atoms with E-state index in [-0.39, 0.29) is 0 Å². The van der Waals surface area contributed by atoms with Crippen molar-refractivity contribution in [2.24, 2.45) is 0 Å². The third-order valence-corrected chi connectivity index (χ3v) is 2.98. The normalized spacial score (nSPS) is 23.1. The zero-order valence-corrected chi connectivity index (χ0v) is 9.15. The Bertz CT molecular complexity index is 342. The average Bonchev–Trinajstić information content (AvgIpc) is 2.22. The van der Waals surface area contributed by atoms with Gasteiger partial charge < -0.3 is 9.80 Å². The van der Waals surface area contributed by atoms with Gasteiger partial charge in [0, 0.05) is 25.7 Å². The second kappa shape index (κ2) is 4.14. The molecule has 0 spiro atoms. The number of anilines is 1. The van der Waals surface area contributed by atoms with Crippen LogP contribution in [0.4, 0.5) is 10.2 Å². The molecule has 82 valence electrons. The molecule has 0 aliphatic carbocycles. The fourth-order valence-corrected chi connectivity index (χ4v) is 1.83. The number of likely N-dealkylation sites (N-methyl/N-ethyl adjacent to an activating group) is 1. The van der Waals surface area contributed by atoms with Gasteiger partial charge in [-0.05, 0) is 26.1 Å². The fraction of sp³-hybridized carbons (Fsp3) is 0.545. The topological polar surface area (TPSA) is 19.4 Å². The Hall–Kier alpha value is -1.16. The van der Waals surface area contributed by atoms with Crippen molar-refractivity contribution in [3.05, 3.63) is 24.1 Å². The van der Waals surface area contributed by atoms with Gasteiger partial charge in [0.1, 0.15) is 5.82 Å². The molecule has 3 nitrogen and oxygen atoms in total. The van der Waals surface area contributed by atoms with Gasteiger partial charge in [0.2, 0.25) is 5.95 Å². The van der Waals surface area contributed by atoms with E-state index in [0.717, 1.165) is 25.5 Å². The lowest BCUT2D eigenvalue weighted by Crippen LogP contribution is -2.50. The Morgan fingerprint density at radius 1 is 1.40 bits per heavy atom. The third kappa shape index (κ3) is 2.26. The third-order valence-electron chi connectivity index (χ3n) is 2.98. The maximum Gasteiger partial charge on any atom is 0.214 e. The lowest BCUT2D eigenvalue weighted by Gasteiger charge is -2.38. The summed E-state index contributed by atoms with van der Waals surface area (Å²) in [6.07, 6.45) is 0. The van der Waals surface area contributed by atoms with Crippen molar-refractivity contribution in [2.45, 2.75) is 13.0 Å². The molecule has 1 aromatic rings. The predicted molar refractivity (Wildman–Crippen MR) is 58.5 cm³/mol. The fourth-order valence-electron chi connectivity index (χ4n) is 1.83. The molecule has 1 unspecified atom stereocenters. The number of nitrogens with zero attached hydrogens (tertiary/aromatic N) is 3. The van der Waals surface area contributed by atoms with Gasteiger partial charge in [-0.3, -0.25) is 0 Å². The largest absolute Gasteiger partial charge is 0.354 e. The number of halogens is 1. The summed E-state index contributed by atoms with van der Waals surface area (Å²) in [5, 5.41) is 0. The first-order valence-electron chi connectivity index (χ1n) is 5.24. The number of hydrogen-bond donors (Lipinski definition) is 0. The summed E-state index contributed by atoms with van der Waals surface area (Å²) in [6, 6.07) is 5.44. The first-order chi connectivity index (χ1) is 7.16. The summed E-state index contributed by atoms with van der Waals surface area (Å²) in [5.41, 5.74) is 0. The van der Waals surface area contributed by atoms with Crippen LogP contribution in [0.25, 0.3) is 0 Å². The van der Waals surface area contributed by atoms with E-state index >= 15 is 0 Å². The maximum atomic E-state index is 12.9. The molecule has 0 radical (unpaired) electrons. The van der Waals surface area contributed by atoms with Crippen LogP contribution in [0, 0.1) is 5.95 Å². The van der Waals surface area contributed by atoms with Crippen LogP contribution in [0.15, 0.2) is 18.2 Å². The van der Waals surface area contributed by atoms with E-state index in [9.17, 15) is 4.39 Å². The highest BCUT2D eigenvalue weighted by molar-refractivity contribution is 5.38. The molecule has 15 heavy (non-hydrogen) atoms. The van der Waals surface area contributed by atoms with E-state index in [0.29, 0.717) is 6.04 Å². The first-order valence-corrected chi connectivity index (χ1v) is 5.24. The minimum atomic E-state index is -0.404. The number of aromatic nitrogens is 1. The highest BCUT2D eigenvalue weighted by Crippen LogP contribution is 2.15. The monoisotopic (exact) mass is 209 g/mol. The van der Waals surface area contributed by atoms with Crippen LogP contribution in [-0.2, 0) is 0 Å². The van der Waals surface area contributed by atoms with Gasteiger partial charge in [-0.15, -0.1) is 0 Å². The molecule has 0 bridgehead atoms. The highest BCUT2D eigenvalue weighted by Gasteiger charge is 2.21. The van der Waals surface area contributed by atoms with E-state index in [2.05, 4.69) is 28.8 Å². The summed E-state index contributed by atoms with van der Waals surface area (Å²) in [6.45, 7) is 5.00. The van der Waals surface area contributed by atoms with Gasteiger partial charge in [0.25, 0.3) is 0 Å². The number of hydrogen-bond acceptors (Lipinski definition) is 3. The van der Waals surface area contributed by atoms with E-state index in [4.69, 9.17) is 0 Å². The van der Waals surface area contributed by atoms with Gasteiger partial charge >= 0.3 is 0 Å². The first kappa shape index (κ1) is 10.4. The van der Waals surface area contributed by atoms with E-state index in [1.165, 1.54) is 6.07 Å². The summed E-state index contributed by atoms with van der Waals surface area (Å²) in [7, 11) is 2.11. The molecular weight excluding hydrogens is 193 g/mol. The van der Waals surface area contributed by atoms with Crippen LogP contribution in [0.3, 0.4) is 0 Å². The summed E-state index contributed by atoms with van der Waals surface area (Å²) < 4.78 is 12.9. The lowest BCUT2D eigenvalue weighted by atomic mass is 10.2. The van der Waals surface area contributed by atoms with Crippen molar-refractivity contribution in [2.75, 3.05) is 31.6 Å². The van der Waals surface area contributed by atoms with E-state index in [1.54, 1.807) is 6.07 Å².